The van der Waals surface area contributed by atoms with Crippen LogP contribution in [-0.4, -0.2) is 27.8 Å². The first-order valence-electron chi connectivity index (χ1n) is 7.80. The molecule has 0 aliphatic carbocycles. The molecule has 0 fully saturated rings. The first-order valence-corrected chi connectivity index (χ1v) is 7.80. The maximum absolute atomic E-state index is 12.8. The van der Waals surface area contributed by atoms with E-state index in [-0.39, 0.29) is 18.5 Å². The largest absolute Gasteiger partial charge is 0.368 e. The molecule has 1 aliphatic rings. The number of carbonyl (C=O) groups is 2. The van der Waals surface area contributed by atoms with Crippen LogP contribution in [0.2, 0.25) is 0 Å². The van der Waals surface area contributed by atoms with E-state index in [0.29, 0.717) is 5.56 Å². The number of hydrogen-bond acceptors (Lipinski definition) is 2. The number of nitrogens with two attached hydrogens (primary N) is 1. The summed E-state index contributed by atoms with van der Waals surface area (Å²) in [5.41, 5.74) is 9.04. The zero-order valence-electron chi connectivity index (χ0n) is 13.3. The van der Waals surface area contributed by atoms with Crippen molar-refractivity contribution in [3.05, 3.63) is 71.4 Å². The third-order valence-electron chi connectivity index (χ3n) is 4.61. The monoisotopic (exact) mass is 319 g/mol. The van der Waals surface area contributed by atoms with Crippen LogP contribution in [0.3, 0.4) is 0 Å². The molecule has 5 nitrogen and oxygen atoms in total. The summed E-state index contributed by atoms with van der Waals surface area (Å²) in [6.45, 7) is -0.0958. The van der Waals surface area contributed by atoms with Gasteiger partial charge in [-0.05, 0) is 17.7 Å². The van der Waals surface area contributed by atoms with Crippen molar-refractivity contribution >= 4 is 22.7 Å². The average Bonchev–Trinajstić information content (AvgIpc) is 3.04. The number of amides is 2. The lowest BCUT2D eigenvalue weighted by molar-refractivity contribution is -0.118. The van der Waals surface area contributed by atoms with Crippen LogP contribution in [0.4, 0.5) is 0 Å². The van der Waals surface area contributed by atoms with Gasteiger partial charge in [0, 0.05) is 35.3 Å². The Kier molecular flexibility index (Phi) is 3.16. The molecule has 120 valence electrons. The Hall–Kier alpha value is -3.08. The van der Waals surface area contributed by atoms with Gasteiger partial charge in [0.15, 0.2) is 0 Å². The summed E-state index contributed by atoms with van der Waals surface area (Å²) in [4.78, 5) is 25.9. The summed E-state index contributed by atoms with van der Waals surface area (Å²) in [6, 6.07) is 15.2. The van der Waals surface area contributed by atoms with Gasteiger partial charge in [-0.2, -0.15) is 0 Å². The Labute approximate surface area is 139 Å². The van der Waals surface area contributed by atoms with E-state index >= 15 is 0 Å². The summed E-state index contributed by atoms with van der Waals surface area (Å²) in [5.74, 6) is -0.663. The number of hydrogen-bond donors (Lipinski definition) is 1. The van der Waals surface area contributed by atoms with E-state index in [1.54, 1.807) is 11.0 Å². The Morgan fingerprint density at radius 2 is 1.79 bits per heavy atom. The number of benzene rings is 2. The first kappa shape index (κ1) is 14.5. The van der Waals surface area contributed by atoms with E-state index in [9.17, 15) is 9.59 Å². The summed E-state index contributed by atoms with van der Waals surface area (Å²) in [7, 11) is 1.98. The van der Waals surface area contributed by atoms with E-state index in [4.69, 9.17) is 5.73 Å². The van der Waals surface area contributed by atoms with E-state index in [1.807, 2.05) is 60.3 Å². The highest BCUT2D eigenvalue weighted by Gasteiger charge is 2.39. The second-order valence-electron chi connectivity index (χ2n) is 6.10. The van der Waals surface area contributed by atoms with Crippen molar-refractivity contribution in [2.45, 2.75) is 6.04 Å². The van der Waals surface area contributed by atoms with Crippen LogP contribution in [0.1, 0.15) is 27.5 Å². The molecule has 5 heteroatoms. The molecule has 24 heavy (non-hydrogen) atoms. The zero-order chi connectivity index (χ0) is 16.8. The van der Waals surface area contributed by atoms with Crippen molar-refractivity contribution in [3.8, 4) is 0 Å². The average molecular weight is 319 g/mol. The van der Waals surface area contributed by atoms with Gasteiger partial charge in [0.05, 0.1) is 6.04 Å². The van der Waals surface area contributed by atoms with Crippen molar-refractivity contribution in [1.29, 1.82) is 0 Å². The fourth-order valence-electron chi connectivity index (χ4n) is 3.63. The molecule has 0 radical (unpaired) electrons. The van der Waals surface area contributed by atoms with Gasteiger partial charge in [-0.3, -0.25) is 9.59 Å². The number of fused-ring (bicyclic) bond motifs is 2. The zero-order valence-corrected chi connectivity index (χ0v) is 13.3. The number of carbonyl (C=O) groups excluding carboxylic acids is 2. The third-order valence-corrected chi connectivity index (χ3v) is 4.61. The van der Waals surface area contributed by atoms with E-state index in [1.165, 1.54) is 0 Å². The Morgan fingerprint density at radius 3 is 2.58 bits per heavy atom. The van der Waals surface area contributed by atoms with Crippen LogP contribution in [0, 0.1) is 0 Å². The normalized spacial score (nSPS) is 16.6. The molecule has 1 aliphatic heterocycles. The minimum atomic E-state index is -0.513. The predicted molar refractivity (Wildman–Crippen MR) is 91.4 cm³/mol. The van der Waals surface area contributed by atoms with E-state index in [0.717, 1.165) is 22.0 Å². The molecule has 1 aromatic heterocycles. The molecule has 2 aromatic carbocycles. The first-order chi connectivity index (χ1) is 11.6. The number of nitrogens with zero attached hydrogens (tertiary/aromatic N) is 2. The number of primary amides is 1. The Morgan fingerprint density at radius 1 is 1.08 bits per heavy atom. The van der Waals surface area contributed by atoms with Crippen LogP contribution < -0.4 is 5.73 Å². The molecule has 4 rings (SSSR count). The van der Waals surface area contributed by atoms with Gasteiger partial charge >= 0.3 is 0 Å². The lowest BCUT2D eigenvalue weighted by Gasteiger charge is -2.24. The molecule has 2 heterocycles. The number of para-hydroxylation sites is 1. The quantitative estimate of drug-likeness (QED) is 0.804. The molecular formula is C19H17N3O2. The van der Waals surface area contributed by atoms with Gasteiger partial charge in [0.25, 0.3) is 5.91 Å². The van der Waals surface area contributed by atoms with E-state index in [2.05, 4.69) is 0 Å². The topological polar surface area (TPSA) is 68.3 Å². The van der Waals surface area contributed by atoms with Gasteiger partial charge < -0.3 is 15.2 Å². The molecule has 2 amide bonds. The molecule has 0 unspecified atom stereocenters. The number of aryl methyl sites for hydroxylation is 1. The van der Waals surface area contributed by atoms with Gasteiger partial charge in [0.2, 0.25) is 5.91 Å². The van der Waals surface area contributed by atoms with Gasteiger partial charge in [-0.15, -0.1) is 0 Å². The smallest absolute Gasteiger partial charge is 0.255 e. The molecular weight excluding hydrogens is 302 g/mol. The third kappa shape index (κ3) is 2.01. The van der Waals surface area contributed by atoms with Crippen LogP contribution in [-0.2, 0) is 11.8 Å². The summed E-state index contributed by atoms with van der Waals surface area (Å²) >= 11 is 0. The van der Waals surface area contributed by atoms with Crippen molar-refractivity contribution in [3.63, 3.8) is 0 Å². The van der Waals surface area contributed by atoms with Crippen molar-refractivity contribution in [1.82, 2.24) is 9.47 Å². The van der Waals surface area contributed by atoms with Gasteiger partial charge in [-0.25, -0.2) is 0 Å². The summed E-state index contributed by atoms with van der Waals surface area (Å²) in [6.07, 6.45) is 2.03. The van der Waals surface area contributed by atoms with Crippen molar-refractivity contribution in [2.75, 3.05) is 6.54 Å². The fourth-order valence-corrected chi connectivity index (χ4v) is 3.63. The molecule has 0 bridgehead atoms. The highest BCUT2D eigenvalue weighted by Crippen LogP contribution is 2.41. The molecule has 0 saturated carbocycles. The molecule has 1 atom stereocenters. The number of aromatic nitrogens is 1. The fraction of sp³-hybridized carbons (Fsp3) is 0.158. The molecule has 0 saturated heterocycles. The minimum absolute atomic E-state index is 0.0958. The minimum Gasteiger partial charge on any atom is -0.368 e. The molecule has 0 spiro atoms. The lowest BCUT2D eigenvalue weighted by Crippen LogP contribution is -2.36. The molecule has 3 aromatic rings. The standard InChI is InChI=1S/C19H17N3O2/c1-21-10-15(12-6-4-5-9-16(12)21)18-13-7-2-3-8-14(13)19(24)22(18)11-17(20)23/h2-10,18H,11H2,1H3,(H2,20,23)/t18-/m1/s1. The van der Waals surface area contributed by atoms with E-state index < -0.39 is 5.91 Å². The number of rotatable bonds is 3. The Bertz CT molecular complexity index is 974. The lowest BCUT2D eigenvalue weighted by atomic mass is 9.97. The highest BCUT2D eigenvalue weighted by molar-refractivity contribution is 6.02. The predicted octanol–water partition coefficient (Wildman–Crippen LogP) is 2.21. The SMILES string of the molecule is Cn1cc([C@H]2c3ccccc3C(=O)N2CC(N)=O)c2ccccc21. The summed E-state index contributed by atoms with van der Waals surface area (Å²) in [5, 5.41) is 1.07. The maximum atomic E-state index is 12.8. The Balaban J connectivity index is 1.96. The van der Waals surface area contributed by atoms with Crippen LogP contribution in [0.15, 0.2) is 54.7 Å². The second-order valence-corrected chi connectivity index (χ2v) is 6.10. The van der Waals surface area contributed by atoms with Crippen molar-refractivity contribution in [2.24, 2.45) is 12.8 Å². The van der Waals surface area contributed by atoms with Gasteiger partial charge in [-0.1, -0.05) is 36.4 Å². The van der Waals surface area contributed by atoms with Crippen LogP contribution >= 0.6 is 0 Å². The van der Waals surface area contributed by atoms with Crippen molar-refractivity contribution < 1.29 is 9.59 Å². The van der Waals surface area contributed by atoms with Gasteiger partial charge in [0.1, 0.15) is 6.54 Å². The highest BCUT2D eigenvalue weighted by atomic mass is 16.2. The maximum Gasteiger partial charge on any atom is 0.255 e. The van der Waals surface area contributed by atoms with Crippen LogP contribution in [0.5, 0.6) is 0 Å². The van der Waals surface area contributed by atoms with Crippen LogP contribution in [0.25, 0.3) is 10.9 Å². The molecule has 2 N–H and O–H groups in total. The summed E-state index contributed by atoms with van der Waals surface area (Å²) < 4.78 is 2.04. The second kappa shape index (κ2) is 5.23.